The van der Waals surface area contributed by atoms with Crippen molar-refractivity contribution in [2.24, 2.45) is 23.7 Å². The van der Waals surface area contributed by atoms with Crippen LogP contribution in [0.4, 0.5) is 22.0 Å². The number of alkyl halides is 5. The molecule has 0 heterocycles. The minimum atomic E-state index is -5.65. The first-order chi connectivity index (χ1) is 7.21. The number of fused-ring (bicyclic) bond motifs is 5. The van der Waals surface area contributed by atoms with Gasteiger partial charge in [0.1, 0.15) is 5.60 Å². The van der Waals surface area contributed by atoms with Crippen LogP contribution in [0.25, 0.3) is 0 Å². The summed E-state index contributed by atoms with van der Waals surface area (Å²) in [5.74, 6) is -6.90. The van der Waals surface area contributed by atoms with Crippen molar-refractivity contribution in [3.63, 3.8) is 0 Å². The maximum atomic E-state index is 13.4. The molecule has 0 saturated heterocycles. The van der Waals surface area contributed by atoms with Crippen molar-refractivity contribution in [3.05, 3.63) is 0 Å². The second-order valence-electron chi connectivity index (χ2n) is 5.25. The minimum absolute atomic E-state index is 0.100. The molecule has 3 saturated carbocycles. The van der Waals surface area contributed by atoms with Gasteiger partial charge in [0, 0.05) is 0 Å². The van der Waals surface area contributed by atoms with Crippen molar-refractivity contribution in [1.29, 1.82) is 0 Å². The topological polar surface area (TPSA) is 20.2 Å². The lowest BCUT2D eigenvalue weighted by Crippen LogP contribution is -2.61. The summed E-state index contributed by atoms with van der Waals surface area (Å²) in [6, 6.07) is 0. The molecule has 3 aliphatic carbocycles. The van der Waals surface area contributed by atoms with Gasteiger partial charge in [-0.3, -0.25) is 0 Å². The van der Waals surface area contributed by atoms with Crippen LogP contribution in [0.15, 0.2) is 0 Å². The lowest BCUT2D eigenvalue weighted by molar-refractivity contribution is -0.353. The van der Waals surface area contributed by atoms with Gasteiger partial charge >= 0.3 is 12.1 Å². The van der Waals surface area contributed by atoms with Crippen molar-refractivity contribution in [2.45, 2.75) is 37.0 Å². The minimum Gasteiger partial charge on any atom is -0.383 e. The Morgan fingerprint density at radius 3 is 1.75 bits per heavy atom. The second kappa shape index (κ2) is 2.54. The first-order valence-electron chi connectivity index (χ1n) is 5.38. The maximum absolute atomic E-state index is 13.4. The zero-order chi connectivity index (χ0) is 11.9. The molecule has 16 heavy (non-hydrogen) atoms. The van der Waals surface area contributed by atoms with Crippen LogP contribution in [0.2, 0.25) is 0 Å². The quantitative estimate of drug-likeness (QED) is 0.701. The lowest BCUT2D eigenvalue weighted by atomic mass is 9.80. The summed E-state index contributed by atoms with van der Waals surface area (Å²) in [5.41, 5.74) is -2.83. The van der Waals surface area contributed by atoms with E-state index in [2.05, 4.69) is 0 Å². The molecule has 0 amide bonds. The molecule has 92 valence electrons. The van der Waals surface area contributed by atoms with E-state index in [-0.39, 0.29) is 11.8 Å². The Hall–Kier alpha value is -0.390. The molecule has 0 aromatic carbocycles. The lowest BCUT2D eigenvalue weighted by Gasteiger charge is -2.39. The molecular formula is C10H11F5O. The van der Waals surface area contributed by atoms with E-state index in [0.29, 0.717) is 19.3 Å². The van der Waals surface area contributed by atoms with Gasteiger partial charge < -0.3 is 5.11 Å². The molecule has 1 unspecified atom stereocenters. The van der Waals surface area contributed by atoms with Crippen LogP contribution in [-0.4, -0.2) is 22.8 Å². The summed E-state index contributed by atoms with van der Waals surface area (Å²) >= 11 is 0. The first kappa shape index (κ1) is 10.7. The van der Waals surface area contributed by atoms with Crippen LogP contribution < -0.4 is 0 Å². The molecule has 1 nitrogen and oxygen atoms in total. The van der Waals surface area contributed by atoms with E-state index in [9.17, 15) is 27.1 Å². The summed E-state index contributed by atoms with van der Waals surface area (Å²) in [6.45, 7) is 0. The van der Waals surface area contributed by atoms with E-state index in [1.807, 2.05) is 0 Å². The Morgan fingerprint density at radius 1 is 0.938 bits per heavy atom. The fourth-order valence-electron chi connectivity index (χ4n) is 4.01. The average molecular weight is 242 g/mol. The Kier molecular flexibility index (Phi) is 1.71. The Morgan fingerprint density at radius 2 is 1.38 bits per heavy atom. The number of aliphatic hydroxyl groups is 1. The Labute approximate surface area is 88.6 Å². The van der Waals surface area contributed by atoms with E-state index in [1.54, 1.807) is 0 Å². The maximum Gasteiger partial charge on any atom is 0.456 e. The van der Waals surface area contributed by atoms with Crippen LogP contribution in [0, 0.1) is 23.7 Å². The van der Waals surface area contributed by atoms with Crippen molar-refractivity contribution < 1.29 is 27.1 Å². The van der Waals surface area contributed by atoms with Crippen molar-refractivity contribution >= 4 is 0 Å². The second-order valence-corrected chi connectivity index (χ2v) is 5.25. The third-order valence-electron chi connectivity index (χ3n) is 4.70. The zero-order valence-corrected chi connectivity index (χ0v) is 8.27. The molecule has 3 rings (SSSR count). The van der Waals surface area contributed by atoms with Crippen LogP contribution in [0.1, 0.15) is 19.3 Å². The molecule has 3 fully saturated rings. The van der Waals surface area contributed by atoms with Gasteiger partial charge in [0.25, 0.3) is 0 Å². The van der Waals surface area contributed by atoms with Gasteiger partial charge in [0.2, 0.25) is 0 Å². The van der Waals surface area contributed by atoms with E-state index in [4.69, 9.17) is 0 Å². The standard InChI is InChI=1S/C10H11F5O/c11-9(12,10(13,14)15)8(16)6-1-2-7(8)5-3-4(5)6/h4-7,16H,1-3H2/t4-,5+,6-,7+,8?. The number of halogens is 5. The SMILES string of the molecule is OC1(C(F)(F)C(F)(F)F)[C@@H]2CC[C@H]1[C@H]1C[C@H]12. The summed E-state index contributed by atoms with van der Waals surface area (Å²) in [7, 11) is 0. The van der Waals surface area contributed by atoms with Crippen LogP contribution >= 0.6 is 0 Å². The molecule has 0 radical (unpaired) electrons. The summed E-state index contributed by atoms with van der Waals surface area (Å²) < 4.78 is 63.8. The van der Waals surface area contributed by atoms with Crippen molar-refractivity contribution in [3.8, 4) is 0 Å². The van der Waals surface area contributed by atoms with Crippen LogP contribution in [0.3, 0.4) is 0 Å². The van der Waals surface area contributed by atoms with E-state index < -0.39 is 29.5 Å². The summed E-state index contributed by atoms with van der Waals surface area (Å²) in [4.78, 5) is 0. The summed E-state index contributed by atoms with van der Waals surface area (Å²) in [6.07, 6.45) is -4.34. The molecule has 0 aromatic rings. The van der Waals surface area contributed by atoms with Gasteiger partial charge in [-0.25, -0.2) is 0 Å². The number of hydrogen-bond donors (Lipinski definition) is 1. The van der Waals surface area contributed by atoms with Gasteiger partial charge in [-0.15, -0.1) is 0 Å². The molecule has 6 heteroatoms. The van der Waals surface area contributed by atoms with Crippen LogP contribution in [-0.2, 0) is 0 Å². The Bertz CT molecular complexity index is 321. The highest BCUT2D eigenvalue weighted by atomic mass is 19.4. The fraction of sp³-hybridized carbons (Fsp3) is 1.00. The van der Waals surface area contributed by atoms with E-state index in [1.165, 1.54) is 0 Å². The molecular weight excluding hydrogens is 231 g/mol. The number of hydrogen-bond acceptors (Lipinski definition) is 1. The molecule has 5 atom stereocenters. The van der Waals surface area contributed by atoms with E-state index >= 15 is 0 Å². The third kappa shape index (κ3) is 0.916. The third-order valence-corrected chi connectivity index (χ3v) is 4.70. The van der Waals surface area contributed by atoms with Gasteiger partial charge in [0.05, 0.1) is 0 Å². The largest absolute Gasteiger partial charge is 0.456 e. The highest BCUT2D eigenvalue weighted by Crippen LogP contribution is 2.74. The first-order valence-corrected chi connectivity index (χ1v) is 5.38. The normalized spacial score (nSPS) is 50.6. The average Bonchev–Trinajstić information content (AvgIpc) is 2.82. The molecule has 0 aliphatic heterocycles. The molecule has 1 N–H and O–H groups in total. The monoisotopic (exact) mass is 242 g/mol. The fourth-order valence-corrected chi connectivity index (χ4v) is 4.01. The smallest absolute Gasteiger partial charge is 0.383 e. The summed E-state index contributed by atoms with van der Waals surface area (Å²) in [5, 5.41) is 9.89. The highest BCUT2D eigenvalue weighted by molar-refractivity contribution is 5.23. The van der Waals surface area contributed by atoms with Gasteiger partial charge in [-0.1, -0.05) is 0 Å². The van der Waals surface area contributed by atoms with Crippen molar-refractivity contribution in [2.75, 3.05) is 0 Å². The van der Waals surface area contributed by atoms with Crippen LogP contribution in [0.5, 0.6) is 0 Å². The molecule has 2 bridgehead atoms. The van der Waals surface area contributed by atoms with E-state index in [0.717, 1.165) is 0 Å². The Balaban J connectivity index is 2.01. The predicted octanol–water partition coefficient (Wildman–Crippen LogP) is 2.59. The van der Waals surface area contributed by atoms with Gasteiger partial charge in [0.15, 0.2) is 0 Å². The molecule has 3 aliphatic rings. The number of rotatable bonds is 1. The molecule has 0 aromatic heterocycles. The zero-order valence-electron chi connectivity index (χ0n) is 8.27. The van der Waals surface area contributed by atoms with Crippen molar-refractivity contribution in [1.82, 2.24) is 0 Å². The van der Waals surface area contributed by atoms with Gasteiger partial charge in [-0.2, -0.15) is 22.0 Å². The predicted molar refractivity (Wildman–Crippen MR) is 43.8 cm³/mol. The highest BCUT2D eigenvalue weighted by Gasteiger charge is 2.83. The van der Waals surface area contributed by atoms with Gasteiger partial charge in [-0.05, 0) is 42.9 Å². The molecule has 0 spiro atoms.